The van der Waals surface area contributed by atoms with E-state index in [0.29, 0.717) is 4.48 Å². The molecular formula is C9H15N2O2S+. The van der Waals surface area contributed by atoms with Gasteiger partial charge in [0.15, 0.2) is 0 Å². The van der Waals surface area contributed by atoms with Gasteiger partial charge in [0, 0.05) is 0 Å². The van der Waals surface area contributed by atoms with Crippen LogP contribution in [0.15, 0.2) is 5.51 Å². The molecule has 4 nitrogen and oxygen atoms in total. The van der Waals surface area contributed by atoms with E-state index in [0.717, 1.165) is 18.0 Å². The van der Waals surface area contributed by atoms with Crippen LogP contribution in [0.25, 0.3) is 0 Å². The van der Waals surface area contributed by atoms with Crippen molar-refractivity contribution in [1.82, 2.24) is 9.47 Å². The molecule has 1 heterocycles. The molecule has 0 bridgehead atoms. The number of nitrogens with zero attached hydrogens (tertiary/aromatic N) is 2. The minimum absolute atomic E-state index is 0.188. The fourth-order valence-electron chi connectivity index (χ4n) is 1.48. The summed E-state index contributed by atoms with van der Waals surface area (Å²) in [6.07, 6.45) is 1.02. The first-order chi connectivity index (χ1) is 6.49. The van der Waals surface area contributed by atoms with Crippen molar-refractivity contribution in [2.45, 2.75) is 13.3 Å². The first-order valence-electron chi connectivity index (χ1n) is 4.49. The molecule has 0 amide bonds. The summed E-state index contributed by atoms with van der Waals surface area (Å²) in [7, 11) is 4.01. The van der Waals surface area contributed by atoms with Gasteiger partial charge >= 0.3 is 5.97 Å². The van der Waals surface area contributed by atoms with Crippen molar-refractivity contribution in [1.29, 1.82) is 0 Å². The van der Waals surface area contributed by atoms with Gasteiger partial charge in [-0.25, -0.2) is 9.78 Å². The quantitative estimate of drug-likeness (QED) is 0.779. The second kappa shape index (κ2) is 4.06. The van der Waals surface area contributed by atoms with Gasteiger partial charge in [0.1, 0.15) is 0 Å². The molecule has 5 heteroatoms. The third kappa shape index (κ3) is 2.10. The SMILES string of the molecule is CCC[N+](C)(C)c1scnc1C(=O)O. The Hall–Kier alpha value is -0.940. The Labute approximate surface area is 87.4 Å². The highest BCUT2D eigenvalue weighted by molar-refractivity contribution is 7.14. The Balaban J connectivity index is 3.05. The van der Waals surface area contributed by atoms with Crippen LogP contribution in [0, 0.1) is 0 Å². The number of quaternary nitrogens is 1. The van der Waals surface area contributed by atoms with Crippen molar-refractivity contribution in [3.63, 3.8) is 0 Å². The highest BCUT2D eigenvalue weighted by Gasteiger charge is 2.28. The average Bonchev–Trinajstić information content (AvgIpc) is 2.51. The van der Waals surface area contributed by atoms with Crippen LogP contribution in [0.5, 0.6) is 0 Å². The molecule has 14 heavy (non-hydrogen) atoms. The van der Waals surface area contributed by atoms with Gasteiger partial charge in [-0.05, 0) is 6.42 Å². The third-order valence-corrected chi connectivity index (χ3v) is 3.21. The molecule has 0 aliphatic carbocycles. The maximum Gasteiger partial charge on any atom is 0.361 e. The second-order valence-corrected chi connectivity index (χ2v) is 4.55. The van der Waals surface area contributed by atoms with Gasteiger partial charge in [-0.15, -0.1) is 0 Å². The van der Waals surface area contributed by atoms with Crippen LogP contribution in [-0.4, -0.2) is 36.7 Å². The van der Waals surface area contributed by atoms with Crippen LogP contribution in [-0.2, 0) is 0 Å². The molecule has 0 saturated carbocycles. The molecular weight excluding hydrogens is 200 g/mol. The lowest BCUT2D eigenvalue weighted by atomic mass is 10.3. The monoisotopic (exact) mass is 215 g/mol. The van der Waals surface area contributed by atoms with Crippen molar-refractivity contribution >= 4 is 22.3 Å². The van der Waals surface area contributed by atoms with E-state index in [-0.39, 0.29) is 5.69 Å². The maximum absolute atomic E-state index is 10.9. The summed E-state index contributed by atoms with van der Waals surface area (Å²) in [6.45, 7) is 3.00. The molecule has 0 aliphatic rings. The van der Waals surface area contributed by atoms with Crippen molar-refractivity contribution in [2.75, 3.05) is 20.6 Å². The fourth-order valence-corrected chi connectivity index (χ4v) is 2.36. The minimum atomic E-state index is -0.941. The number of carboxylic acids is 1. The summed E-state index contributed by atoms with van der Waals surface area (Å²) in [5.74, 6) is -0.941. The molecule has 78 valence electrons. The zero-order valence-electron chi connectivity index (χ0n) is 8.65. The lowest BCUT2D eigenvalue weighted by molar-refractivity contribution is 0.0689. The number of carbonyl (C=O) groups is 1. The molecule has 0 aliphatic heterocycles. The highest BCUT2D eigenvalue weighted by atomic mass is 32.1. The predicted molar refractivity (Wildman–Crippen MR) is 57.9 cm³/mol. The van der Waals surface area contributed by atoms with E-state index in [1.165, 1.54) is 11.3 Å². The van der Waals surface area contributed by atoms with Crippen LogP contribution < -0.4 is 4.48 Å². The number of aromatic carboxylic acids is 1. The smallest absolute Gasteiger partial charge is 0.361 e. The minimum Gasteiger partial charge on any atom is -0.476 e. The van der Waals surface area contributed by atoms with E-state index in [1.54, 1.807) is 5.51 Å². The van der Waals surface area contributed by atoms with Crippen molar-refractivity contribution in [2.24, 2.45) is 0 Å². The molecule has 0 radical (unpaired) electrons. The van der Waals surface area contributed by atoms with Gasteiger partial charge in [-0.1, -0.05) is 18.3 Å². The summed E-state index contributed by atoms with van der Waals surface area (Å²) in [6, 6.07) is 0. The number of carboxylic acid groups (broad SMARTS) is 1. The van der Waals surface area contributed by atoms with E-state index in [4.69, 9.17) is 5.11 Å². The van der Waals surface area contributed by atoms with E-state index < -0.39 is 5.97 Å². The second-order valence-electron chi connectivity index (χ2n) is 3.72. The molecule has 0 atom stereocenters. The third-order valence-electron chi connectivity index (χ3n) is 2.08. The Morgan fingerprint density at radius 2 is 2.29 bits per heavy atom. The molecule has 1 rings (SSSR count). The van der Waals surface area contributed by atoms with Gasteiger partial charge in [-0.2, -0.15) is 0 Å². The number of thiazole rings is 1. The summed E-state index contributed by atoms with van der Waals surface area (Å²) in [4.78, 5) is 14.7. The predicted octanol–water partition coefficient (Wildman–Crippen LogP) is 1.82. The zero-order valence-corrected chi connectivity index (χ0v) is 9.47. The number of hydrogen-bond donors (Lipinski definition) is 1. The summed E-state index contributed by atoms with van der Waals surface area (Å²) >= 11 is 1.41. The first kappa shape index (κ1) is 11.1. The van der Waals surface area contributed by atoms with E-state index in [2.05, 4.69) is 11.9 Å². The van der Waals surface area contributed by atoms with Crippen LogP contribution in [0.4, 0.5) is 5.00 Å². The van der Waals surface area contributed by atoms with Gasteiger partial charge in [0.05, 0.1) is 26.2 Å². The standard InChI is InChI=1S/C9H14N2O2S/c1-4-5-11(2,3)8-7(9(12)13)10-6-14-8/h6H,4-5H2,1-3H3/p+1. The zero-order chi connectivity index (χ0) is 10.8. The Morgan fingerprint density at radius 1 is 1.64 bits per heavy atom. The molecule has 1 N–H and O–H groups in total. The molecule has 1 aromatic rings. The van der Waals surface area contributed by atoms with Gasteiger partial charge in [-0.3, -0.25) is 4.48 Å². The Bertz CT molecular complexity index is 333. The summed E-state index contributed by atoms with van der Waals surface area (Å²) in [5, 5.41) is 9.74. The molecule has 0 fully saturated rings. The van der Waals surface area contributed by atoms with Crippen LogP contribution >= 0.6 is 11.3 Å². The molecule has 0 saturated heterocycles. The fraction of sp³-hybridized carbons (Fsp3) is 0.556. The molecule has 0 unspecified atom stereocenters. The Kier molecular flexibility index (Phi) is 3.23. The van der Waals surface area contributed by atoms with Crippen LogP contribution in [0.1, 0.15) is 23.8 Å². The summed E-state index contributed by atoms with van der Waals surface area (Å²) in [5.41, 5.74) is 1.78. The topological polar surface area (TPSA) is 50.2 Å². The molecule has 1 aromatic heterocycles. The van der Waals surface area contributed by atoms with E-state index >= 15 is 0 Å². The van der Waals surface area contributed by atoms with Gasteiger partial charge < -0.3 is 5.11 Å². The number of aromatic nitrogens is 1. The number of rotatable bonds is 4. The lowest BCUT2D eigenvalue weighted by Crippen LogP contribution is -2.41. The van der Waals surface area contributed by atoms with Gasteiger partial charge in [0.25, 0.3) is 0 Å². The summed E-state index contributed by atoms with van der Waals surface area (Å²) < 4.78 is 0.586. The highest BCUT2D eigenvalue weighted by Crippen LogP contribution is 2.28. The normalized spacial score (nSPS) is 11.6. The van der Waals surface area contributed by atoms with Crippen molar-refractivity contribution in [3.05, 3.63) is 11.2 Å². The first-order valence-corrected chi connectivity index (χ1v) is 5.37. The van der Waals surface area contributed by atoms with Crippen molar-refractivity contribution < 1.29 is 9.90 Å². The Morgan fingerprint density at radius 3 is 2.79 bits per heavy atom. The molecule has 0 aromatic carbocycles. The molecule has 0 spiro atoms. The van der Waals surface area contributed by atoms with E-state index in [9.17, 15) is 4.79 Å². The van der Waals surface area contributed by atoms with Crippen LogP contribution in [0.2, 0.25) is 0 Å². The number of hydrogen-bond acceptors (Lipinski definition) is 3. The van der Waals surface area contributed by atoms with Gasteiger partial charge in [0.2, 0.25) is 10.7 Å². The maximum atomic E-state index is 10.9. The average molecular weight is 215 g/mol. The van der Waals surface area contributed by atoms with Crippen molar-refractivity contribution in [3.8, 4) is 0 Å². The lowest BCUT2D eigenvalue weighted by Gasteiger charge is -2.26. The largest absolute Gasteiger partial charge is 0.476 e. The van der Waals surface area contributed by atoms with Crippen LogP contribution in [0.3, 0.4) is 0 Å². The van der Waals surface area contributed by atoms with E-state index in [1.807, 2.05) is 14.1 Å².